The molecule has 37 heavy (non-hydrogen) atoms. The first kappa shape index (κ1) is 27.9. The van der Waals surface area contributed by atoms with Crippen molar-refractivity contribution in [2.75, 3.05) is 17.9 Å². The molecule has 8 heteroatoms. The van der Waals surface area contributed by atoms with Crippen LogP contribution in [0.1, 0.15) is 37.0 Å². The van der Waals surface area contributed by atoms with E-state index in [0.717, 1.165) is 27.4 Å². The molecule has 0 aliphatic heterocycles. The van der Waals surface area contributed by atoms with Gasteiger partial charge in [0.05, 0.1) is 10.6 Å². The maximum Gasteiger partial charge on any atom is 0.264 e. The van der Waals surface area contributed by atoms with Crippen LogP contribution < -0.4 is 9.62 Å². The van der Waals surface area contributed by atoms with Gasteiger partial charge in [0, 0.05) is 13.6 Å². The summed E-state index contributed by atoms with van der Waals surface area (Å²) >= 11 is 0. The summed E-state index contributed by atoms with van der Waals surface area (Å²) in [7, 11) is -2.53. The molecule has 0 saturated carbocycles. The van der Waals surface area contributed by atoms with Crippen molar-refractivity contribution < 1.29 is 18.0 Å². The van der Waals surface area contributed by atoms with Crippen molar-refractivity contribution in [2.24, 2.45) is 0 Å². The Morgan fingerprint density at radius 3 is 2.14 bits per heavy atom. The highest BCUT2D eigenvalue weighted by atomic mass is 32.2. The van der Waals surface area contributed by atoms with Crippen molar-refractivity contribution in [1.29, 1.82) is 0 Å². The van der Waals surface area contributed by atoms with E-state index < -0.39 is 28.5 Å². The zero-order valence-corrected chi connectivity index (χ0v) is 22.7. The Kier molecular flexibility index (Phi) is 9.47. The van der Waals surface area contributed by atoms with E-state index >= 15 is 0 Å². The van der Waals surface area contributed by atoms with Gasteiger partial charge >= 0.3 is 0 Å². The number of benzene rings is 3. The summed E-state index contributed by atoms with van der Waals surface area (Å²) in [4.78, 5) is 28.2. The van der Waals surface area contributed by atoms with Gasteiger partial charge in [0.15, 0.2) is 0 Å². The number of likely N-dealkylation sites (N-methyl/N-ethyl adjacent to an activating group) is 1. The van der Waals surface area contributed by atoms with Crippen molar-refractivity contribution in [3.05, 3.63) is 95.6 Å². The third-order valence-corrected chi connectivity index (χ3v) is 8.10. The highest BCUT2D eigenvalue weighted by molar-refractivity contribution is 7.92. The smallest absolute Gasteiger partial charge is 0.264 e. The molecule has 3 aromatic carbocycles. The van der Waals surface area contributed by atoms with Crippen LogP contribution in [0.5, 0.6) is 0 Å². The van der Waals surface area contributed by atoms with Crippen molar-refractivity contribution in [1.82, 2.24) is 10.2 Å². The summed E-state index contributed by atoms with van der Waals surface area (Å²) in [5.41, 5.74) is 3.33. The van der Waals surface area contributed by atoms with Gasteiger partial charge in [-0.3, -0.25) is 13.9 Å². The quantitative estimate of drug-likeness (QED) is 0.408. The molecule has 0 aliphatic rings. The number of carbonyl (C=O) groups excluding carboxylic acids is 2. The highest BCUT2D eigenvalue weighted by Crippen LogP contribution is 2.25. The van der Waals surface area contributed by atoms with Gasteiger partial charge in [0.25, 0.3) is 10.0 Å². The monoisotopic (exact) mass is 521 g/mol. The predicted octanol–water partition coefficient (Wildman–Crippen LogP) is 4.31. The molecule has 0 saturated heterocycles. The van der Waals surface area contributed by atoms with Gasteiger partial charge in [-0.25, -0.2) is 8.42 Å². The first-order valence-electron chi connectivity index (χ1n) is 12.4. The lowest BCUT2D eigenvalue weighted by atomic mass is 10.1. The largest absolute Gasteiger partial charge is 0.357 e. The number of carbonyl (C=O) groups is 2. The van der Waals surface area contributed by atoms with Gasteiger partial charge in [0.2, 0.25) is 11.8 Å². The van der Waals surface area contributed by atoms with E-state index in [1.165, 1.54) is 24.1 Å². The number of nitrogens with zero attached hydrogens (tertiary/aromatic N) is 2. The average molecular weight is 522 g/mol. The fraction of sp³-hybridized carbons (Fsp3) is 0.310. The van der Waals surface area contributed by atoms with E-state index in [1.54, 1.807) is 30.3 Å². The number of sulfonamides is 1. The minimum absolute atomic E-state index is 0.0888. The minimum Gasteiger partial charge on any atom is -0.357 e. The Balaban J connectivity index is 2.05. The Bertz CT molecular complexity index is 1310. The number of hydrogen-bond donors (Lipinski definition) is 1. The number of aryl methyl sites for hydroxylation is 2. The molecular formula is C29H35N3O4S. The van der Waals surface area contributed by atoms with Crippen molar-refractivity contribution in [2.45, 2.75) is 51.1 Å². The molecule has 1 unspecified atom stereocenters. The average Bonchev–Trinajstić information content (AvgIpc) is 2.91. The van der Waals surface area contributed by atoms with Crippen LogP contribution in [0.4, 0.5) is 5.69 Å². The third kappa shape index (κ3) is 6.77. The number of anilines is 1. The summed E-state index contributed by atoms with van der Waals surface area (Å²) in [6, 6.07) is 22.2. The number of rotatable bonds is 11. The first-order valence-corrected chi connectivity index (χ1v) is 13.9. The van der Waals surface area contributed by atoms with Crippen molar-refractivity contribution in [3.8, 4) is 0 Å². The van der Waals surface area contributed by atoms with Crippen LogP contribution in [0, 0.1) is 6.92 Å². The van der Waals surface area contributed by atoms with Crippen LogP contribution in [-0.4, -0.2) is 44.8 Å². The number of nitrogens with one attached hydrogen (secondary N) is 1. The molecule has 2 amide bonds. The maximum absolute atomic E-state index is 13.9. The maximum atomic E-state index is 13.9. The normalized spacial score (nSPS) is 12.0. The van der Waals surface area contributed by atoms with Gasteiger partial charge in [-0.2, -0.15) is 0 Å². The van der Waals surface area contributed by atoms with Crippen LogP contribution in [0.25, 0.3) is 0 Å². The van der Waals surface area contributed by atoms with Crippen LogP contribution in [0.2, 0.25) is 0 Å². The molecule has 0 bridgehead atoms. The molecule has 1 N–H and O–H groups in total. The van der Waals surface area contributed by atoms with Gasteiger partial charge in [0.1, 0.15) is 12.6 Å². The van der Waals surface area contributed by atoms with Gasteiger partial charge < -0.3 is 10.2 Å². The second kappa shape index (κ2) is 12.5. The first-order chi connectivity index (χ1) is 17.7. The van der Waals surface area contributed by atoms with Crippen LogP contribution >= 0.6 is 0 Å². The molecule has 1 atom stereocenters. The van der Waals surface area contributed by atoms with Gasteiger partial charge in [-0.1, -0.05) is 74.0 Å². The van der Waals surface area contributed by atoms with E-state index in [2.05, 4.69) is 5.32 Å². The van der Waals surface area contributed by atoms with Crippen LogP contribution in [0.15, 0.2) is 83.8 Å². The van der Waals surface area contributed by atoms with Gasteiger partial charge in [-0.15, -0.1) is 0 Å². The van der Waals surface area contributed by atoms with E-state index in [0.29, 0.717) is 12.1 Å². The van der Waals surface area contributed by atoms with Crippen LogP contribution in [0.3, 0.4) is 0 Å². The summed E-state index contributed by atoms with van der Waals surface area (Å²) in [6.07, 6.45) is 1.19. The zero-order valence-electron chi connectivity index (χ0n) is 21.8. The second-order valence-corrected chi connectivity index (χ2v) is 10.8. The SMILES string of the molecule is CCc1ccc(N(CC(=O)N(Cc2cccc(C)c2)C(CC)C(=O)NC)S(=O)(=O)c2ccccc2)cc1. The number of hydrogen-bond acceptors (Lipinski definition) is 4. The predicted molar refractivity (Wildman–Crippen MR) is 147 cm³/mol. The Hall–Kier alpha value is -3.65. The van der Waals surface area contributed by atoms with E-state index in [1.807, 2.05) is 57.2 Å². The summed E-state index contributed by atoms with van der Waals surface area (Å²) in [5.74, 6) is -0.760. The Morgan fingerprint density at radius 2 is 1.57 bits per heavy atom. The molecule has 0 heterocycles. The van der Waals surface area contributed by atoms with E-state index in [9.17, 15) is 18.0 Å². The minimum atomic E-state index is -4.05. The van der Waals surface area contributed by atoms with Crippen LogP contribution in [-0.2, 0) is 32.6 Å². The third-order valence-electron chi connectivity index (χ3n) is 6.31. The van der Waals surface area contributed by atoms with E-state index in [-0.39, 0.29) is 17.3 Å². The molecule has 0 fully saturated rings. The molecular weight excluding hydrogens is 486 g/mol. The zero-order chi connectivity index (χ0) is 27.0. The van der Waals surface area contributed by atoms with Crippen molar-refractivity contribution in [3.63, 3.8) is 0 Å². The van der Waals surface area contributed by atoms with Gasteiger partial charge in [-0.05, 0) is 55.2 Å². The number of amides is 2. The molecule has 0 spiro atoms. The second-order valence-electron chi connectivity index (χ2n) is 8.89. The van der Waals surface area contributed by atoms with E-state index in [4.69, 9.17) is 0 Å². The molecule has 0 radical (unpaired) electrons. The topological polar surface area (TPSA) is 86.8 Å². The fourth-order valence-corrected chi connectivity index (χ4v) is 5.67. The highest BCUT2D eigenvalue weighted by Gasteiger charge is 2.33. The Morgan fingerprint density at radius 1 is 0.892 bits per heavy atom. The molecule has 7 nitrogen and oxygen atoms in total. The van der Waals surface area contributed by atoms with Crippen molar-refractivity contribution >= 4 is 27.5 Å². The molecule has 3 aromatic rings. The molecule has 3 rings (SSSR count). The summed E-state index contributed by atoms with van der Waals surface area (Å²) in [6.45, 7) is 5.55. The summed E-state index contributed by atoms with van der Waals surface area (Å²) in [5, 5.41) is 2.64. The lowest BCUT2D eigenvalue weighted by Crippen LogP contribution is -2.51. The standard InChI is InChI=1S/C29H35N3O4S/c1-5-23-15-17-25(18-16-23)32(37(35,36)26-13-8-7-9-14-26)21-28(33)31(27(6-2)29(34)30-4)20-24-12-10-11-22(3)19-24/h7-19,27H,5-6,20-21H2,1-4H3,(H,30,34). The fourth-order valence-electron chi connectivity index (χ4n) is 4.24. The lowest BCUT2D eigenvalue weighted by molar-refractivity contribution is -0.140. The molecule has 0 aromatic heterocycles. The molecule has 0 aliphatic carbocycles. The molecule has 196 valence electrons. The Labute approximate surface area is 220 Å². The summed E-state index contributed by atoms with van der Waals surface area (Å²) < 4.78 is 28.6. The lowest BCUT2D eigenvalue weighted by Gasteiger charge is -2.33.